The van der Waals surface area contributed by atoms with Gasteiger partial charge < -0.3 is 14.9 Å². The number of pyridine rings is 1. The lowest BCUT2D eigenvalue weighted by molar-refractivity contribution is -0.150. The van der Waals surface area contributed by atoms with Crippen molar-refractivity contribution in [3.8, 4) is 17.1 Å². The highest BCUT2D eigenvalue weighted by Gasteiger charge is 2.54. The predicted octanol–water partition coefficient (Wildman–Crippen LogP) is 2.34. The van der Waals surface area contributed by atoms with Gasteiger partial charge in [-0.1, -0.05) is 5.21 Å². The van der Waals surface area contributed by atoms with Crippen LogP contribution in [0.5, 0.6) is 5.75 Å². The van der Waals surface area contributed by atoms with Gasteiger partial charge in [0.05, 0.1) is 35.2 Å². The van der Waals surface area contributed by atoms with Crippen LogP contribution in [0.3, 0.4) is 0 Å². The first kappa shape index (κ1) is 18.9. The fourth-order valence-electron chi connectivity index (χ4n) is 4.94. The highest BCUT2D eigenvalue weighted by molar-refractivity contribution is 5.75. The maximum atomic E-state index is 11.7. The molecule has 2 aliphatic rings. The number of rotatable bonds is 5. The van der Waals surface area contributed by atoms with Crippen LogP contribution in [-0.4, -0.2) is 42.3 Å². The zero-order valence-electron chi connectivity index (χ0n) is 16.4. The van der Waals surface area contributed by atoms with Gasteiger partial charge in [0.2, 0.25) is 0 Å². The lowest BCUT2D eigenvalue weighted by atomic mass is 9.78. The molecule has 0 spiro atoms. The van der Waals surface area contributed by atoms with Crippen LogP contribution < -0.4 is 4.74 Å². The quantitative estimate of drug-likeness (QED) is 0.811. The Hall–Kier alpha value is -2.48. The predicted molar refractivity (Wildman–Crippen MR) is 101 cm³/mol. The fraction of sp³-hybridized carbons (Fsp3) is 0.600. The molecule has 2 heterocycles. The normalized spacial score (nSPS) is 29.1. The first-order chi connectivity index (χ1) is 13.3. The molecule has 0 aromatic carbocycles. The highest BCUT2D eigenvalue weighted by Crippen LogP contribution is 2.55. The first-order valence-electron chi connectivity index (χ1n) is 9.71. The Morgan fingerprint density at radius 1 is 1.39 bits per heavy atom. The van der Waals surface area contributed by atoms with Gasteiger partial charge in [-0.15, -0.1) is 5.10 Å². The van der Waals surface area contributed by atoms with Crippen molar-refractivity contribution < 1.29 is 19.7 Å². The SMILES string of the molecule is Cc1nc(-c2nnn(C)c2CO)ccc1OC1CC2CCC(C)(C(=O)O)C2C1. The molecule has 150 valence electrons. The van der Waals surface area contributed by atoms with Crippen LogP contribution in [0.2, 0.25) is 0 Å². The van der Waals surface area contributed by atoms with E-state index in [-0.39, 0.29) is 18.6 Å². The summed E-state index contributed by atoms with van der Waals surface area (Å²) >= 11 is 0. The van der Waals surface area contributed by atoms with E-state index in [1.807, 2.05) is 26.0 Å². The first-order valence-corrected chi connectivity index (χ1v) is 9.71. The number of aliphatic carboxylic acids is 1. The lowest BCUT2D eigenvalue weighted by Crippen LogP contribution is -2.32. The Kier molecular flexibility index (Phi) is 4.61. The summed E-state index contributed by atoms with van der Waals surface area (Å²) in [5.74, 6) is 0.617. The number of carboxylic acids is 1. The highest BCUT2D eigenvalue weighted by atomic mass is 16.5. The molecule has 2 aliphatic carbocycles. The molecule has 2 saturated carbocycles. The van der Waals surface area contributed by atoms with Crippen LogP contribution in [0.25, 0.3) is 11.4 Å². The van der Waals surface area contributed by atoms with Gasteiger partial charge in [0, 0.05) is 7.05 Å². The minimum Gasteiger partial charge on any atom is -0.489 e. The van der Waals surface area contributed by atoms with Gasteiger partial charge in [-0.2, -0.15) is 0 Å². The smallest absolute Gasteiger partial charge is 0.309 e. The van der Waals surface area contributed by atoms with E-state index in [1.54, 1.807) is 7.05 Å². The Morgan fingerprint density at radius 3 is 2.86 bits per heavy atom. The Morgan fingerprint density at radius 2 is 2.18 bits per heavy atom. The topological polar surface area (TPSA) is 110 Å². The van der Waals surface area contributed by atoms with Gasteiger partial charge in [-0.3, -0.25) is 4.79 Å². The second kappa shape index (κ2) is 6.84. The number of carboxylic acid groups (broad SMARTS) is 1. The monoisotopic (exact) mass is 386 g/mol. The number of hydrogen-bond donors (Lipinski definition) is 2. The van der Waals surface area contributed by atoms with Crippen molar-refractivity contribution in [1.82, 2.24) is 20.0 Å². The third kappa shape index (κ3) is 2.96. The van der Waals surface area contributed by atoms with Crippen molar-refractivity contribution in [3.63, 3.8) is 0 Å². The van der Waals surface area contributed by atoms with E-state index in [2.05, 4.69) is 15.3 Å². The van der Waals surface area contributed by atoms with Crippen LogP contribution in [0.1, 0.15) is 44.0 Å². The summed E-state index contributed by atoms with van der Waals surface area (Å²) in [4.78, 5) is 16.3. The molecule has 0 amide bonds. The number of aromatic nitrogens is 4. The van der Waals surface area contributed by atoms with E-state index >= 15 is 0 Å². The van der Waals surface area contributed by atoms with Crippen LogP contribution >= 0.6 is 0 Å². The lowest BCUT2D eigenvalue weighted by Gasteiger charge is -2.26. The zero-order chi connectivity index (χ0) is 20.1. The van der Waals surface area contributed by atoms with Crippen LogP contribution in [0, 0.1) is 24.2 Å². The summed E-state index contributed by atoms with van der Waals surface area (Å²) in [7, 11) is 1.73. The van der Waals surface area contributed by atoms with Crippen molar-refractivity contribution in [3.05, 3.63) is 23.5 Å². The second-order valence-corrected chi connectivity index (χ2v) is 8.29. The molecule has 2 fully saturated rings. The Balaban J connectivity index is 1.50. The number of aliphatic hydroxyl groups excluding tert-OH is 1. The van der Waals surface area contributed by atoms with Crippen LogP contribution in [-0.2, 0) is 18.4 Å². The number of nitrogens with zero attached hydrogens (tertiary/aromatic N) is 4. The van der Waals surface area contributed by atoms with Gasteiger partial charge >= 0.3 is 5.97 Å². The third-order valence-electron chi connectivity index (χ3n) is 6.66. The van der Waals surface area contributed by atoms with Crippen molar-refractivity contribution in [1.29, 1.82) is 0 Å². The Labute approximate surface area is 163 Å². The van der Waals surface area contributed by atoms with Gasteiger partial charge in [-0.05, 0) is 63.5 Å². The fourth-order valence-corrected chi connectivity index (χ4v) is 4.94. The summed E-state index contributed by atoms with van der Waals surface area (Å²) in [6, 6.07) is 3.70. The molecular formula is C20H26N4O4. The molecule has 2 aromatic rings. The van der Waals surface area contributed by atoms with Crippen molar-refractivity contribution in [2.24, 2.45) is 24.3 Å². The van der Waals surface area contributed by atoms with Gasteiger partial charge in [0.1, 0.15) is 11.4 Å². The largest absolute Gasteiger partial charge is 0.489 e. The summed E-state index contributed by atoms with van der Waals surface area (Å²) in [5, 5.41) is 27.2. The number of aliphatic hydroxyl groups is 1. The molecule has 4 unspecified atom stereocenters. The molecular weight excluding hydrogens is 360 g/mol. The molecule has 0 saturated heterocycles. The zero-order valence-corrected chi connectivity index (χ0v) is 16.4. The summed E-state index contributed by atoms with van der Waals surface area (Å²) in [6.45, 7) is 3.60. The third-order valence-corrected chi connectivity index (χ3v) is 6.66. The van der Waals surface area contributed by atoms with Crippen molar-refractivity contribution in [2.75, 3.05) is 0 Å². The number of ether oxygens (including phenoxy) is 1. The summed E-state index contributed by atoms with van der Waals surface area (Å²) < 4.78 is 7.76. The molecule has 0 bridgehead atoms. The number of aryl methyl sites for hydroxylation is 2. The van der Waals surface area contributed by atoms with E-state index in [4.69, 9.17) is 4.74 Å². The Bertz CT molecular complexity index is 912. The van der Waals surface area contributed by atoms with E-state index in [0.29, 0.717) is 28.7 Å². The van der Waals surface area contributed by atoms with E-state index in [1.165, 1.54) is 4.68 Å². The molecule has 4 atom stereocenters. The van der Waals surface area contributed by atoms with Crippen LogP contribution in [0.15, 0.2) is 12.1 Å². The number of carbonyl (C=O) groups is 1. The number of fused-ring (bicyclic) bond motifs is 1. The van der Waals surface area contributed by atoms with Gasteiger partial charge in [0.15, 0.2) is 0 Å². The molecule has 2 aromatic heterocycles. The molecule has 8 nitrogen and oxygen atoms in total. The summed E-state index contributed by atoms with van der Waals surface area (Å²) in [5.41, 5.74) is 1.92. The van der Waals surface area contributed by atoms with Crippen molar-refractivity contribution >= 4 is 5.97 Å². The number of hydrogen-bond acceptors (Lipinski definition) is 6. The van der Waals surface area contributed by atoms with E-state index < -0.39 is 11.4 Å². The van der Waals surface area contributed by atoms with E-state index in [0.717, 1.165) is 31.4 Å². The van der Waals surface area contributed by atoms with Crippen LogP contribution in [0.4, 0.5) is 0 Å². The molecule has 28 heavy (non-hydrogen) atoms. The minimum absolute atomic E-state index is 0.0184. The standard InChI is InChI=1S/C20H26N4O4/c1-11-17(5-4-15(21-11)18-16(10-25)24(3)23-22-18)28-13-8-12-6-7-20(2,19(26)27)14(12)9-13/h4-5,12-14,25H,6-10H2,1-3H3,(H,26,27). The molecule has 4 rings (SSSR count). The second-order valence-electron chi connectivity index (χ2n) is 8.29. The van der Waals surface area contributed by atoms with Crippen molar-refractivity contribution in [2.45, 2.75) is 52.2 Å². The molecule has 0 aliphatic heterocycles. The van der Waals surface area contributed by atoms with Gasteiger partial charge in [0.25, 0.3) is 0 Å². The van der Waals surface area contributed by atoms with Gasteiger partial charge in [-0.25, -0.2) is 9.67 Å². The average molecular weight is 386 g/mol. The molecule has 8 heteroatoms. The van der Waals surface area contributed by atoms with E-state index in [9.17, 15) is 15.0 Å². The maximum absolute atomic E-state index is 11.7. The average Bonchev–Trinajstić information content (AvgIpc) is 3.32. The summed E-state index contributed by atoms with van der Waals surface area (Å²) in [6.07, 6.45) is 3.40. The molecule has 2 N–H and O–H groups in total. The maximum Gasteiger partial charge on any atom is 0.309 e. The minimum atomic E-state index is -0.688. The molecule has 0 radical (unpaired) electrons.